The van der Waals surface area contributed by atoms with Crippen LogP contribution in [-0.2, 0) is 6.42 Å². The van der Waals surface area contributed by atoms with Crippen molar-refractivity contribution < 1.29 is 5.11 Å². The monoisotopic (exact) mass is 219 g/mol. The first kappa shape index (κ1) is 8.86. The minimum atomic E-state index is 0.303. The number of nitrogens with zero attached hydrogens (tertiary/aromatic N) is 1. The summed E-state index contributed by atoms with van der Waals surface area (Å²) in [5.74, 6) is 0.303. The number of hydrogen-bond acceptors (Lipinski definition) is 2. The van der Waals surface area contributed by atoms with Gasteiger partial charge in [-0.3, -0.25) is 4.42 Å². The van der Waals surface area contributed by atoms with E-state index in [0.717, 1.165) is 29.4 Å². The molecule has 0 unspecified atom stereocenters. The van der Waals surface area contributed by atoms with Crippen molar-refractivity contribution in [3.05, 3.63) is 35.9 Å². The fourth-order valence-corrected chi connectivity index (χ4v) is 2.45. The quantitative estimate of drug-likeness (QED) is 0.689. The molecule has 1 N–H and O–H groups in total. The van der Waals surface area contributed by atoms with E-state index >= 15 is 0 Å². The van der Waals surface area contributed by atoms with Gasteiger partial charge in [-0.1, -0.05) is 24.3 Å². The third-order valence-corrected chi connectivity index (χ3v) is 3.28. The van der Waals surface area contributed by atoms with E-state index in [4.69, 9.17) is 11.8 Å². The van der Waals surface area contributed by atoms with Crippen LogP contribution in [-0.4, -0.2) is 11.7 Å². The third kappa shape index (κ3) is 1.18. The summed E-state index contributed by atoms with van der Waals surface area (Å²) >= 11 is 6.04. The van der Waals surface area contributed by atoms with Crippen LogP contribution in [0, 0.1) is 0 Å². The number of phenolic OH excluding ortho intramolecular Hbond substituents is 1. The summed E-state index contributed by atoms with van der Waals surface area (Å²) in [4.78, 5) is 0. The Kier molecular flexibility index (Phi) is 1.80. The zero-order chi connectivity index (χ0) is 10.4. The number of phenols is 1. The van der Waals surface area contributed by atoms with Crippen LogP contribution in [0.2, 0.25) is 0 Å². The molecule has 0 amide bonds. The van der Waals surface area contributed by atoms with Gasteiger partial charge in [0, 0.05) is 29.8 Å². The standard InChI is InChI=1S/C12H10ClNO/c13-14-6-5-9-8-3-1-2-4-10(8)12(15)7-11(9)14/h1-4,7,15H,5-6H2. The van der Waals surface area contributed by atoms with Gasteiger partial charge in [0.05, 0.1) is 5.69 Å². The van der Waals surface area contributed by atoms with Crippen molar-refractivity contribution in [2.45, 2.75) is 6.42 Å². The Morgan fingerprint density at radius 1 is 1.20 bits per heavy atom. The van der Waals surface area contributed by atoms with Crippen LogP contribution >= 0.6 is 11.8 Å². The molecule has 1 aliphatic heterocycles. The van der Waals surface area contributed by atoms with Crippen LogP contribution in [0.15, 0.2) is 30.3 Å². The number of benzene rings is 2. The van der Waals surface area contributed by atoms with Crippen LogP contribution in [0.3, 0.4) is 0 Å². The van der Waals surface area contributed by atoms with E-state index < -0.39 is 0 Å². The molecule has 0 atom stereocenters. The third-order valence-electron chi connectivity index (χ3n) is 2.93. The highest BCUT2D eigenvalue weighted by Gasteiger charge is 2.21. The van der Waals surface area contributed by atoms with Gasteiger partial charge in [0.1, 0.15) is 5.75 Å². The van der Waals surface area contributed by atoms with E-state index in [1.807, 2.05) is 24.3 Å². The molecule has 0 bridgehead atoms. The van der Waals surface area contributed by atoms with E-state index in [0.29, 0.717) is 5.75 Å². The van der Waals surface area contributed by atoms with Crippen molar-refractivity contribution >= 4 is 28.2 Å². The van der Waals surface area contributed by atoms with Crippen LogP contribution < -0.4 is 4.42 Å². The van der Waals surface area contributed by atoms with E-state index in [1.165, 1.54) is 5.56 Å². The van der Waals surface area contributed by atoms with E-state index in [9.17, 15) is 5.11 Å². The summed E-state index contributed by atoms with van der Waals surface area (Å²) in [7, 11) is 0. The van der Waals surface area contributed by atoms with Crippen LogP contribution in [0.5, 0.6) is 5.75 Å². The van der Waals surface area contributed by atoms with E-state index in [-0.39, 0.29) is 0 Å². The number of halogens is 1. The van der Waals surface area contributed by atoms with E-state index in [2.05, 4.69) is 0 Å². The number of hydrogen-bond donors (Lipinski definition) is 1. The van der Waals surface area contributed by atoms with Gasteiger partial charge >= 0.3 is 0 Å². The summed E-state index contributed by atoms with van der Waals surface area (Å²) in [5, 5.41) is 11.9. The molecule has 76 valence electrons. The topological polar surface area (TPSA) is 23.5 Å². The highest BCUT2D eigenvalue weighted by molar-refractivity contribution is 6.27. The lowest BCUT2D eigenvalue weighted by molar-refractivity contribution is 0.482. The average Bonchev–Trinajstić information content (AvgIpc) is 2.62. The van der Waals surface area contributed by atoms with Crippen molar-refractivity contribution in [1.82, 2.24) is 0 Å². The first-order chi connectivity index (χ1) is 7.27. The second kappa shape index (κ2) is 3.04. The van der Waals surface area contributed by atoms with Gasteiger partial charge in [-0.25, -0.2) is 0 Å². The van der Waals surface area contributed by atoms with Gasteiger partial charge in [0.25, 0.3) is 0 Å². The maximum absolute atomic E-state index is 9.87. The normalized spacial score (nSPS) is 14.6. The lowest BCUT2D eigenvalue weighted by atomic mass is 10.0. The number of aromatic hydroxyl groups is 1. The van der Waals surface area contributed by atoms with Crippen molar-refractivity contribution in [2.24, 2.45) is 0 Å². The fourth-order valence-electron chi connectivity index (χ4n) is 2.21. The molecule has 3 rings (SSSR count). The first-order valence-electron chi connectivity index (χ1n) is 4.94. The van der Waals surface area contributed by atoms with E-state index in [1.54, 1.807) is 10.5 Å². The first-order valence-corrected chi connectivity index (χ1v) is 5.28. The minimum absolute atomic E-state index is 0.303. The maximum atomic E-state index is 9.87. The zero-order valence-electron chi connectivity index (χ0n) is 8.07. The fraction of sp³-hybridized carbons (Fsp3) is 0.167. The molecule has 2 nitrogen and oxygen atoms in total. The SMILES string of the molecule is Oc1cc2c(c3ccccc13)CCN2Cl. The molecule has 2 aromatic carbocycles. The number of rotatable bonds is 0. The van der Waals surface area contributed by atoms with Gasteiger partial charge in [0.2, 0.25) is 0 Å². The Balaban J connectivity index is 2.43. The molecule has 0 radical (unpaired) electrons. The molecule has 0 aromatic heterocycles. The Morgan fingerprint density at radius 2 is 1.93 bits per heavy atom. The van der Waals surface area contributed by atoms with Gasteiger partial charge in [-0.15, -0.1) is 0 Å². The largest absolute Gasteiger partial charge is 0.507 e. The van der Waals surface area contributed by atoms with Crippen LogP contribution in [0.4, 0.5) is 5.69 Å². The Bertz CT molecular complexity index is 538. The van der Waals surface area contributed by atoms with Gasteiger partial charge in [-0.05, 0) is 17.4 Å². The Morgan fingerprint density at radius 3 is 2.73 bits per heavy atom. The highest BCUT2D eigenvalue weighted by Crippen LogP contribution is 2.39. The molecule has 1 aliphatic rings. The van der Waals surface area contributed by atoms with Crippen molar-refractivity contribution in [2.75, 3.05) is 11.0 Å². The highest BCUT2D eigenvalue weighted by atomic mass is 35.5. The zero-order valence-corrected chi connectivity index (χ0v) is 8.83. The molecule has 2 aromatic rings. The summed E-state index contributed by atoms with van der Waals surface area (Å²) in [5.41, 5.74) is 2.17. The van der Waals surface area contributed by atoms with Crippen LogP contribution in [0.25, 0.3) is 10.8 Å². The molecule has 3 heteroatoms. The minimum Gasteiger partial charge on any atom is -0.507 e. The van der Waals surface area contributed by atoms with Gasteiger partial charge in [-0.2, -0.15) is 0 Å². The summed E-state index contributed by atoms with van der Waals surface area (Å²) < 4.78 is 1.67. The average molecular weight is 220 g/mol. The van der Waals surface area contributed by atoms with Crippen molar-refractivity contribution in [1.29, 1.82) is 0 Å². The summed E-state index contributed by atoms with van der Waals surface area (Å²) in [6.45, 7) is 0.810. The van der Waals surface area contributed by atoms with Gasteiger partial charge in [0.15, 0.2) is 0 Å². The van der Waals surface area contributed by atoms with Gasteiger partial charge < -0.3 is 5.11 Å². The molecule has 0 saturated heterocycles. The predicted molar refractivity (Wildman–Crippen MR) is 62.5 cm³/mol. The Hall–Kier alpha value is -1.41. The molecule has 0 saturated carbocycles. The molecule has 0 fully saturated rings. The summed E-state index contributed by atoms with van der Waals surface area (Å²) in [6, 6.07) is 9.63. The van der Waals surface area contributed by atoms with Crippen molar-refractivity contribution in [3.8, 4) is 5.75 Å². The lowest BCUT2D eigenvalue weighted by Crippen LogP contribution is -2.04. The molecular formula is C12H10ClNO. The summed E-state index contributed by atoms with van der Waals surface area (Å²) in [6.07, 6.45) is 0.944. The Labute approximate surface area is 92.8 Å². The predicted octanol–water partition coefficient (Wildman–Crippen LogP) is 3.06. The lowest BCUT2D eigenvalue weighted by Gasteiger charge is -2.10. The molecule has 1 heterocycles. The number of fused-ring (bicyclic) bond motifs is 3. The number of anilines is 1. The van der Waals surface area contributed by atoms with Crippen molar-refractivity contribution in [3.63, 3.8) is 0 Å². The second-order valence-electron chi connectivity index (χ2n) is 3.77. The smallest absolute Gasteiger partial charge is 0.125 e. The molecule has 0 aliphatic carbocycles. The molecular weight excluding hydrogens is 210 g/mol. The second-order valence-corrected chi connectivity index (χ2v) is 4.18. The molecule has 0 spiro atoms. The maximum Gasteiger partial charge on any atom is 0.125 e. The van der Waals surface area contributed by atoms with Crippen LogP contribution in [0.1, 0.15) is 5.56 Å². The molecule has 15 heavy (non-hydrogen) atoms.